The van der Waals surface area contributed by atoms with Crippen molar-refractivity contribution in [3.63, 3.8) is 0 Å². The summed E-state index contributed by atoms with van der Waals surface area (Å²) in [4.78, 5) is 24.4. The van der Waals surface area contributed by atoms with Gasteiger partial charge in [0.05, 0.1) is 5.92 Å². The van der Waals surface area contributed by atoms with E-state index >= 15 is 0 Å². The molecule has 3 nitrogen and oxygen atoms in total. The molecule has 0 amide bonds. The standard InChI is InChI=1S/C16H16O3/c17-15-12-8-4-5-9-14(12)19-16(18)13(15)10-11-6-2-1-3-7-11/h1-3,6-7,10,12,14H,4-5,8-9H2/b13-10-. The molecule has 1 saturated heterocycles. The smallest absolute Gasteiger partial charge is 0.342 e. The number of ether oxygens (including phenoxy) is 1. The van der Waals surface area contributed by atoms with E-state index < -0.39 is 5.97 Å². The fraction of sp³-hybridized carbons (Fsp3) is 0.375. The van der Waals surface area contributed by atoms with Crippen LogP contribution in [-0.4, -0.2) is 17.9 Å². The average Bonchev–Trinajstić information content (AvgIpc) is 2.45. The molecular formula is C16H16O3. The summed E-state index contributed by atoms with van der Waals surface area (Å²) in [6.45, 7) is 0. The predicted molar refractivity (Wildman–Crippen MR) is 71.3 cm³/mol. The highest BCUT2D eigenvalue weighted by atomic mass is 16.5. The molecule has 2 aliphatic rings. The third-order valence-corrected chi connectivity index (χ3v) is 3.89. The quantitative estimate of drug-likeness (QED) is 0.441. The first-order chi connectivity index (χ1) is 9.25. The largest absolute Gasteiger partial charge is 0.458 e. The van der Waals surface area contributed by atoms with Crippen molar-refractivity contribution in [3.8, 4) is 0 Å². The molecule has 0 spiro atoms. The highest BCUT2D eigenvalue weighted by Crippen LogP contribution is 2.34. The fourth-order valence-electron chi connectivity index (χ4n) is 2.89. The highest BCUT2D eigenvalue weighted by molar-refractivity contribution is 6.22. The number of carbonyl (C=O) groups excluding carboxylic acids is 2. The van der Waals surface area contributed by atoms with Crippen LogP contribution in [0.1, 0.15) is 31.2 Å². The van der Waals surface area contributed by atoms with Gasteiger partial charge in [-0.2, -0.15) is 0 Å². The molecule has 1 saturated carbocycles. The van der Waals surface area contributed by atoms with Gasteiger partial charge in [0.25, 0.3) is 0 Å². The molecule has 1 aromatic carbocycles. The summed E-state index contributed by atoms with van der Waals surface area (Å²) in [7, 11) is 0. The molecule has 1 aliphatic heterocycles. The molecule has 3 rings (SSSR count). The van der Waals surface area contributed by atoms with Gasteiger partial charge in [-0.05, 0) is 30.9 Å². The van der Waals surface area contributed by atoms with Crippen LogP contribution >= 0.6 is 0 Å². The molecule has 1 aliphatic carbocycles. The van der Waals surface area contributed by atoms with E-state index in [1.165, 1.54) is 0 Å². The van der Waals surface area contributed by atoms with Gasteiger partial charge in [0.2, 0.25) is 0 Å². The zero-order valence-electron chi connectivity index (χ0n) is 10.7. The second-order valence-corrected chi connectivity index (χ2v) is 5.17. The topological polar surface area (TPSA) is 43.4 Å². The second kappa shape index (κ2) is 5.00. The van der Waals surface area contributed by atoms with Gasteiger partial charge < -0.3 is 4.74 Å². The van der Waals surface area contributed by atoms with Crippen molar-refractivity contribution in [1.82, 2.24) is 0 Å². The highest BCUT2D eigenvalue weighted by Gasteiger charge is 2.42. The van der Waals surface area contributed by atoms with Gasteiger partial charge in [0, 0.05) is 0 Å². The Morgan fingerprint density at radius 1 is 1.05 bits per heavy atom. The summed E-state index contributed by atoms with van der Waals surface area (Å²) in [6.07, 6.45) is 5.20. The minimum Gasteiger partial charge on any atom is -0.458 e. The van der Waals surface area contributed by atoms with Gasteiger partial charge >= 0.3 is 5.97 Å². The zero-order chi connectivity index (χ0) is 13.2. The summed E-state index contributed by atoms with van der Waals surface area (Å²) in [5.74, 6) is -0.622. The number of Topliss-reactive ketones (excluding diaryl/α,β-unsaturated/α-hetero) is 1. The number of esters is 1. The van der Waals surface area contributed by atoms with Crippen molar-refractivity contribution in [1.29, 1.82) is 0 Å². The number of hydrogen-bond acceptors (Lipinski definition) is 3. The van der Waals surface area contributed by atoms with Crippen molar-refractivity contribution in [2.24, 2.45) is 5.92 Å². The molecule has 0 radical (unpaired) electrons. The van der Waals surface area contributed by atoms with Gasteiger partial charge in [-0.25, -0.2) is 4.79 Å². The third kappa shape index (κ3) is 2.33. The molecule has 2 atom stereocenters. The predicted octanol–water partition coefficient (Wildman–Crippen LogP) is 2.75. The first-order valence-corrected chi connectivity index (χ1v) is 6.77. The molecule has 2 fully saturated rings. The van der Waals surface area contributed by atoms with Crippen molar-refractivity contribution < 1.29 is 14.3 Å². The van der Waals surface area contributed by atoms with Gasteiger partial charge in [-0.3, -0.25) is 4.79 Å². The Morgan fingerprint density at radius 3 is 2.58 bits per heavy atom. The van der Waals surface area contributed by atoms with Crippen LogP contribution in [0.15, 0.2) is 35.9 Å². The van der Waals surface area contributed by atoms with Crippen LogP contribution in [0.4, 0.5) is 0 Å². The van der Waals surface area contributed by atoms with Crippen LogP contribution in [-0.2, 0) is 14.3 Å². The lowest BCUT2D eigenvalue weighted by atomic mass is 9.79. The van der Waals surface area contributed by atoms with Crippen molar-refractivity contribution in [2.75, 3.05) is 0 Å². The Morgan fingerprint density at radius 2 is 1.79 bits per heavy atom. The minimum atomic E-state index is -0.461. The number of hydrogen-bond donors (Lipinski definition) is 0. The summed E-state index contributed by atoms with van der Waals surface area (Å²) in [6, 6.07) is 9.42. The lowest BCUT2D eigenvalue weighted by Gasteiger charge is -2.34. The molecule has 98 valence electrons. The molecule has 3 heteroatoms. The lowest BCUT2D eigenvalue weighted by Crippen LogP contribution is -2.42. The maximum atomic E-state index is 12.4. The van der Waals surface area contributed by atoms with E-state index in [2.05, 4.69) is 0 Å². The van der Waals surface area contributed by atoms with Gasteiger partial charge in [0.15, 0.2) is 5.78 Å². The van der Waals surface area contributed by atoms with Crippen LogP contribution in [0.25, 0.3) is 6.08 Å². The number of ketones is 1. The zero-order valence-corrected chi connectivity index (χ0v) is 10.7. The van der Waals surface area contributed by atoms with Crippen LogP contribution in [0.2, 0.25) is 0 Å². The van der Waals surface area contributed by atoms with Crippen molar-refractivity contribution in [2.45, 2.75) is 31.8 Å². The third-order valence-electron chi connectivity index (χ3n) is 3.89. The van der Waals surface area contributed by atoms with E-state index in [1.54, 1.807) is 6.08 Å². The average molecular weight is 256 g/mol. The molecule has 19 heavy (non-hydrogen) atoms. The van der Waals surface area contributed by atoms with E-state index in [4.69, 9.17) is 4.74 Å². The lowest BCUT2D eigenvalue weighted by molar-refractivity contribution is -0.158. The van der Waals surface area contributed by atoms with Crippen molar-refractivity contribution >= 4 is 17.8 Å². The molecule has 1 heterocycles. The summed E-state index contributed by atoms with van der Waals surface area (Å²) >= 11 is 0. The van der Waals surface area contributed by atoms with Crippen LogP contribution < -0.4 is 0 Å². The first-order valence-electron chi connectivity index (χ1n) is 6.77. The maximum Gasteiger partial charge on any atom is 0.342 e. The number of benzene rings is 1. The Hall–Kier alpha value is -1.90. The Balaban J connectivity index is 1.91. The monoisotopic (exact) mass is 256 g/mol. The first kappa shape index (κ1) is 12.2. The molecule has 0 bridgehead atoms. The van der Waals surface area contributed by atoms with E-state index in [-0.39, 0.29) is 23.4 Å². The summed E-state index contributed by atoms with van der Waals surface area (Å²) in [5, 5.41) is 0. The van der Waals surface area contributed by atoms with Crippen LogP contribution in [0.5, 0.6) is 0 Å². The molecular weight excluding hydrogens is 240 g/mol. The summed E-state index contributed by atoms with van der Waals surface area (Å²) in [5.41, 5.74) is 1.06. The van der Waals surface area contributed by atoms with E-state index in [0.29, 0.717) is 0 Å². The fourth-order valence-corrected chi connectivity index (χ4v) is 2.89. The van der Waals surface area contributed by atoms with E-state index in [0.717, 1.165) is 31.2 Å². The Labute approximate surface area is 112 Å². The van der Waals surface area contributed by atoms with E-state index in [1.807, 2.05) is 30.3 Å². The number of carbonyl (C=O) groups is 2. The summed E-state index contributed by atoms with van der Waals surface area (Å²) < 4.78 is 5.42. The Bertz CT molecular complexity index is 530. The van der Waals surface area contributed by atoms with Gasteiger partial charge in [0.1, 0.15) is 11.7 Å². The van der Waals surface area contributed by atoms with Crippen LogP contribution in [0.3, 0.4) is 0 Å². The van der Waals surface area contributed by atoms with Gasteiger partial charge in [-0.15, -0.1) is 0 Å². The Kier molecular flexibility index (Phi) is 3.20. The molecule has 1 aromatic rings. The maximum absolute atomic E-state index is 12.4. The van der Waals surface area contributed by atoms with E-state index in [9.17, 15) is 9.59 Å². The molecule has 2 unspecified atom stereocenters. The molecule has 0 aromatic heterocycles. The second-order valence-electron chi connectivity index (χ2n) is 5.17. The normalized spacial score (nSPS) is 28.9. The van der Waals surface area contributed by atoms with Gasteiger partial charge in [-0.1, -0.05) is 36.8 Å². The number of fused-ring (bicyclic) bond motifs is 1. The van der Waals surface area contributed by atoms with Crippen LogP contribution in [0, 0.1) is 5.92 Å². The SMILES string of the molecule is O=C1OC2CCCCC2C(=O)/C1=C/c1ccccc1. The minimum absolute atomic E-state index is 0.0372. The van der Waals surface area contributed by atoms with Crippen molar-refractivity contribution in [3.05, 3.63) is 41.5 Å². The number of rotatable bonds is 1. The molecule has 0 N–H and O–H groups in total.